The second-order valence-electron chi connectivity index (χ2n) is 6.76. The minimum absolute atomic E-state index is 0.0556. The quantitative estimate of drug-likeness (QED) is 0.457. The number of nitrogens with two attached hydrogens (primary N) is 1. The Labute approximate surface area is 164 Å². The van der Waals surface area contributed by atoms with E-state index in [1.807, 2.05) is 49.4 Å². The fraction of sp³-hybridized carbons (Fsp3) is 0.286. The lowest BCUT2D eigenvalue weighted by molar-refractivity contribution is -0.140. The molecule has 2 amide bonds. The predicted octanol–water partition coefficient (Wildman–Crippen LogP) is 2.83. The third-order valence-corrected chi connectivity index (χ3v) is 4.84. The van der Waals surface area contributed by atoms with Gasteiger partial charge >= 0.3 is 12.0 Å². The van der Waals surface area contributed by atoms with Crippen LogP contribution < -0.4 is 15.5 Å². The number of nitrogens with one attached hydrogen (secondary N) is 1. The smallest absolute Gasteiger partial charge is 0.329 e. The summed E-state index contributed by atoms with van der Waals surface area (Å²) in [5.74, 6) is -0.297. The van der Waals surface area contributed by atoms with E-state index in [1.165, 1.54) is 7.11 Å². The Morgan fingerprint density at radius 1 is 1.14 bits per heavy atom. The number of amides is 2. The molecule has 1 aliphatic rings. The van der Waals surface area contributed by atoms with Crippen LogP contribution in [0.1, 0.15) is 23.1 Å². The Bertz CT molecular complexity index is 908. The molecule has 3 N–H and O–H groups in total. The maximum absolute atomic E-state index is 13.0. The highest BCUT2D eigenvalue weighted by Crippen LogP contribution is 2.28. The van der Waals surface area contributed by atoms with Crippen molar-refractivity contribution >= 4 is 29.2 Å². The summed E-state index contributed by atoms with van der Waals surface area (Å²) in [5, 5.41) is 7.82. The van der Waals surface area contributed by atoms with E-state index < -0.39 is 0 Å². The molecule has 28 heavy (non-hydrogen) atoms. The summed E-state index contributed by atoms with van der Waals surface area (Å²) in [7, 11) is 1.38. The molecule has 1 heterocycles. The van der Waals surface area contributed by atoms with E-state index in [1.54, 1.807) is 9.80 Å². The van der Waals surface area contributed by atoms with Gasteiger partial charge in [0.2, 0.25) is 0 Å². The maximum atomic E-state index is 13.0. The molecule has 3 rings (SSSR count). The van der Waals surface area contributed by atoms with Crippen molar-refractivity contribution in [3.8, 4) is 0 Å². The number of methoxy groups -OCH3 is 1. The lowest BCUT2D eigenvalue weighted by atomic mass is 10.1. The fourth-order valence-corrected chi connectivity index (χ4v) is 3.29. The average molecular weight is 380 g/mol. The number of hydrogen-bond donors (Lipinski definition) is 2. The number of hydrogen-bond acceptors (Lipinski definition) is 4. The molecule has 146 valence electrons. The molecule has 0 atom stereocenters. The molecule has 0 unspecified atom stereocenters. The lowest BCUT2D eigenvalue weighted by Crippen LogP contribution is -2.33. The first-order valence-corrected chi connectivity index (χ1v) is 9.10. The van der Waals surface area contributed by atoms with Gasteiger partial charge in [0.15, 0.2) is 0 Å². The number of nitrogen functional groups attached to an aromatic ring is 1. The van der Waals surface area contributed by atoms with Crippen LogP contribution in [-0.2, 0) is 16.0 Å². The number of benzene rings is 2. The Hall–Kier alpha value is -3.35. The zero-order chi connectivity index (χ0) is 20.3. The van der Waals surface area contributed by atoms with Crippen LogP contribution >= 0.6 is 0 Å². The number of carbonyl (C=O) groups excluding carboxylic acids is 2. The van der Waals surface area contributed by atoms with Crippen LogP contribution in [0.2, 0.25) is 0 Å². The number of anilines is 2. The summed E-state index contributed by atoms with van der Waals surface area (Å²) in [6, 6.07) is 13.0. The molecule has 0 saturated carbocycles. The van der Waals surface area contributed by atoms with Crippen LogP contribution in [0.25, 0.3) is 0 Å². The van der Waals surface area contributed by atoms with Gasteiger partial charge in [0.25, 0.3) is 0 Å². The van der Waals surface area contributed by atoms with E-state index in [4.69, 9.17) is 11.1 Å². The molecule has 7 heteroatoms. The van der Waals surface area contributed by atoms with Gasteiger partial charge in [-0.1, -0.05) is 23.8 Å². The standard InChI is InChI=1S/C21H24N4O3/c1-14-3-9-18(17(13-14)20(22)23)25-12-11-24(21(25)27)16-7-4-15(5-8-16)6-10-19(26)28-2/h3-5,7-9,13H,6,10-12H2,1-2H3,(H3,22,23). The van der Waals surface area contributed by atoms with Gasteiger partial charge in [-0.05, 0) is 43.2 Å². The molecular formula is C21H24N4O3. The van der Waals surface area contributed by atoms with Crippen LogP contribution in [0.5, 0.6) is 0 Å². The minimum atomic E-state index is -0.242. The molecule has 0 radical (unpaired) electrons. The molecule has 2 aromatic rings. The van der Waals surface area contributed by atoms with Crippen molar-refractivity contribution < 1.29 is 14.3 Å². The summed E-state index contributed by atoms with van der Waals surface area (Å²) in [4.78, 5) is 27.6. The summed E-state index contributed by atoms with van der Waals surface area (Å²) >= 11 is 0. The fourth-order valence-electron chi connectivity index (χ4n) is 3.29. The second-order valence-corrected chi connectivity index (χ2v) is 6.76. The first-order chi connectivity index (χ1) is 13.4. The normalized spacial score (nSPS) is 13.7. The van der Waals surface area contributed by atoms with Gasteiger partial charge in [0.05, 0.1) is 12.8 Å². The highest BCUT2D eigenvalue weighted by atomic mass is 16.5. The molecule has 0 bridgehead atoms. The minimum Gasteiger partial charge on any atom is -0.469 e. The largest absolute Gasteiger partial charge is 0.469 e. The molecule has 1 fully saturated rings. The average Bonchev–Trinajstić information content (AvgIpc) is 3.07. The Morgan fingerprint density at radius 3 is 2.46 bits per heavy atom. The van der Waals surface area contributed by atoms with Crippen molar-refractivity contribution in [3.63, 3.8) is 0 Å². The van der Waals surface area contributed by atoms with Crippen molar-refractivity contribution in [2.75, 3.05) is 30.0 Å². The zero-order valence-corrected chi connectivity index (χ0v) is 16.1. The van der Waals surface area contributed by atoms with E-state index in [9.17, 15) is 9.59 Å². The van der Waals surface area contributed by atoms with Crippen molar-refractivity contribution in [2.24, 2.45) is 5.73 Å². The van der Waals surface area contributed by atoms with Gasteiger partial charge in [-0.2, -0.15) is 0 Å². The van der Waals surface area contributed by atoms with E-state index in [-0.39, 0.29) is 17.8 Å². The van der Waals surface area contributed by atoms with Crippen molar-refractivity contribution in [2.45, 2.75) is 19.8 Å². The number of urea groups is 1. The number of aryl methyl sites for hydroxylation is 2. The van der Waals surface area contributed by atoms with E-state index in [0.29, 0.717) is 37.2 Å². The second kappa shape index (κ2) is 8.12. The predicted molar refractivity (Wildman–Crippen MR) is 109 cm³/mol. The van der Waals surface area contributed by atoms with Crippen molar-refractivity contribution in [1.29, 1.82) is 5.41 Å². The topological polar surface area (TPSA) is 99.7 Å². The van der Waals surface area contributed by atoms with E-state index in [2.05, 4.69) is 4.74 Å². The number of nitrogens with zero attached hydrogens (tertiary/aromatic N) is 2. The van der Waals surface area contributed by atoms with Crippen molar-refractivity contribution in [1.82, 2.24) is 0 Å². The zero-order valence-electron chi connectivity index (χ0n) is 16.1. The third kappa shape index (κ3) is 3.98. The number of rotatable bonds is 6. The van der Waals surface area contributed by atoms with Crippen molar-refractivity contribution in [3.05, 3.63) is 59.2 Å². The molecular weight excluding hydrogens is 356 g/mol. The first-order valence-electron chi connectivity index (χ1n) is 9.10. The number of carbonyl (C=O) groups is 2. The third-order valence-electron chi connectivity index (χ3n) is 4.84. The van der Waals surface area contributed by atoms with E-state index >= 15 is 0 Å². The highest BCUT2D eigenvalue weighted by molar-refractivity contribution is 6.10. The SMILES string of the molecule is COC(=O)CCc1ccc(N2CCN(c3ccc(C)cc3C(=N)N)C2=O)cc1. The maximum Gasteiger partial charge on any atom is 0.329 e. The van der Waals surface area contributed by atoms with Crippen LogP contribution in [0, 0.1) is 12.3 Å². The molecule has 1 aliphatic heterocycles. The van der Waals surface area contributed by atoms with Crippen LogP contribution in [0.4, 0.5) is 16.2 Å². The van der Waals surface area contributed by atoms with Crippen LogP contribution in [0.15, 0.2) is 42.5 Å². The lowest BCUT2D eigenvalue weighted by Gasteiger charge is -2.21. The molecule has 0 aromatic heterocycles. The summed E-state index contributed by atoms with van der Waals surface area (Å²) in [6.07, 6.45) is 0.922. The first kappa shape index (κ1) is 19.4. The summed E-state index contributed by atoms with van der Waals surface area (Å²) in [5.41, 5.74) is 9.73. The number of amidine groups is 1. The number of ether oxygens (including phenoxy) is 1. The van der Waals surface area contributed by atoms with Gasteiger partial charge in [0.1, 0.15) is 5.84 Å². The molecule has 1 saturated heterocycles. The molecule has 0 spiro atoms. The molecule has 0 aliphatic carbocycles. The van der Waals surface area contributed by atoms with Gasteiger partial charge < -0.3 is 10.5 Å². The van der Waals surface area contributed by atoms with E-state index in [0.717, 1.165) is 16.8 Å². The van der Waals surface area contributed by atoms with Gasteiger partial charge in [-0.25, -0.2) is 4.79 Å². The Kier molecular flexibility index (Phi) is 5.63. The van der Waals surface area contributed by atoms with Crippen LogP contribution in [-0.4, -0.2) is 38.0 Å². The summed E-state index contributed by atoms with van der Waals surface area (Å²) in [6.45, 7) is 2.99. The molecule has 2 aromatic carbocycles. The van der Waals surface area contributed by atoms with Crippen LogP contribution in [0.3, 0.4) is 0 Å². The Balaban J connectivity index is 1.76. The molecule has 7 nitrogen and oxygen atoms in total. The highest BCUT2D eigenvalue weighted by Gasteiger charge is 2.32. The van der Waals surface area contributed by atoms with Gasteiger partial charge in [-0.15, -0.1) is 0 Å². The monoisotopic (exact) mass is 380 g/mol. The van der Waals surface area contributed by atoms with Gasteiger partial charge in [-0.3, -0.25) is 20.0 Å². The summed E-state index contributed by atoms with van der Waals surface area (Å²) < 4.78 is 4.66. The Morgan fingerprint density at radius 2 is 1.82 bits per heavy atom. The number of esters is 1. The van der Waals surface area contributed by atoms with Gasteiger partial charge in [0, 0.05) is 30.8 Å².